The van der Waals surface area contributed by atoms with Gasteiger partial charge in [0.15, 0.2) is 0 Å². The van der Waals surface area contributed by atoms with Gasteiger partial charge < -0.3 is 11.1 Å². The maximum absolute atomic E-state index is 12.1. The van der Waals surface area contributed by atoms with E-state index in [0.29, 0.717) is 36.3 Å². The third-order valence-electron chi connectivity index (χ3n) is 3.89. The molecule has 0 saturated carbocycles. The first-order chi connectivity index (χ1) is 12.4. The van der Waals surface area contributed by atoms with Crippen LogP contribution in [0.5, 0.6) is 0 Å². The average Bonchev–Trinajstić information content (AvgIpc) is 2.61. The predicted octanol–water partition coefficient (Wildman–Crippen LogP) is 3.38. The van der Waals surface area contributed by atoms with Crippen LogP contribution in [-0.2, 0) is 21.2 Å². The summed E-state index contributed by atoms with van der Waals surface area (Å²) in [6.07, 6.45) is 2.32. The molecule has 0 unspecified atom stereocenters. The van der Waals surface area contributed by atoms with Gasteiger partial charge in [-0.3, -0.25) is 9.52 Å². The molecule has 4 N–H and O–H groups in total. The monoisotopic (exact) mass is 375 g/mol. The first-order valence-corrected chi connectivity index (χ1v) is 10.3. The molecule has 1 amide bonds. The van der Waals surface area contributed by atoms with Crippen LogP contribution in [0.2, 0.25) is 0 Å². The summed E-state index contributed by atoms with van der Waals surface area (Å²) in [6, 6.07) is 14.1. The number of amides is 1. The number of para-hydroxylation sites is 1. The van der Waals surface area contributed by atoms with Crippen LogP contribution in [0, 0.1) is 0 Å². The van der Waals surface area contributed by atoms with Crippen LogP contribution in [0.1, 0.15) is 31.7 Å². The number of sulfonamides is 1. The summed E-state index contributed by atoms with van der Waals surface area (Å²) in [7, 11) is -3.33. The summed E-state index contributed by atoms with van der Waals surface area (Å²) in [4.78, 5) is 12.1. The van der Waals surface area contributed by atoms with E-state index >= 15 is 0 Å². The highest BCUT2D eigenvalue weighted by molar-refractivity contribution is 7.92. The number of carbonyl (C=O) groups is 1. The third-order valence-corrected chi connectivity index (χ3v) is 5.26. The summed E-state index contributed by atoms with van der Waals surface area (Å²) >= 11 is 0. The van der Waals surface area contributed by atoms with Crippen LogP contribution >= 0.6 is 0 Å². The van der Waals surface area contributed by atoms with Crippen molar-refractivity contribution in [3.8, 4) is 0 Å². The molecule has 6 nitrogen and oxygen atoms in total. The molecule has 0 fully saturated rings. The minimum Gasteiger partial charge on any atom is -0.399 e. The Kier molecular flexibility index (Phi) is 7.03. The Morgan fingerprint density at radius 1 is 1.04 bits per heavy atom. The summed E-state index contributed by atoms with van der Waals surface area (Å²) in [5.41, 5.74) is 8.59. The maximum Gasteiger partial charge on any atom is 0.232 e. The lowest BCUT2D eigenvalue weighted by Crippen LogP contribution is -2.16. The molecule has 0 atom stereocenters. The van der Waals surface area contributed by atoms with E-state index < -0.39 is 10.0 Å². The molecule has 26 heavy (non-hydrogen) atoms. The van der Waals surface area contributed by atoms with Gasteiger partial charge in [0.05, 0.1) is 5.75 Å². The van der Waals surface area contributed by atoms with E-state index in [2.05, 4.69) is 10.0 Å². The Morgan fingerprint density at radius 2 is 1.69 bits per heavy atom. The molecule has 0 aliphatic heterocycles. The summed E-state index contributed by atoms with van der Waals surface area (Å²) in [5.74, 6) is -0.0190. The highest BCUT2D eigenvalue weighted by atomic mass is 32.2. The number of aryl methyl sites for hydroxylation is 1. The molecule has 7 heteroatoms. The number of benzene rings is 2. The lowest BCUT2D eigenvalue weighted by molar-refractivity contribution is -0.116. The Bertz CT molecular complexity index is 833. The molecule has 0 saturated heterocycles. The molecule has 0 aromatic heterocycles. The second-order valence-corrected chi connectivity index (χ2v) is 7.94. The zero-order valence-corrected chi connectivity index (χ0v) is 15.7. The fourth-order valence-corrected chi connectivity index (χ4v) is 3.69. The van der Waals surface area contributed by atoms with Gasteiger partial charge in [0, 0.05) is 23.5 Å². The molecule has 2 rings (SSSR count). The van der Waals surface area contributed by atoms with Crippen molar-refractivity contribution < 1.29 is 13.2 Å². The highest BCUT2D eigenvalue weighted by Gasteiger charge is 2.10. The van der Waals surface area contributed by atoms with Gasteiger partial charge in [-0.1, -0.05) is 31.5 Å². The molecule has 0 aliphatic carbocycles. The largest absolute Gasteiger partial charge is 0.399 e. The van der Waals surface area contributed by atoms with Gasteiger partial charge in [-0.15, -0.1) is 0 Å². The van der Waals surface area contributed by atoms with Gasteiger partial charge in [0.25, 0.3) is 0 Å². The van der Waals surface area contributed by atoms with E-state index in [0.717, 1.165) is 12.0 Å². The zero-order valence-electron chi connectivity index (χ0n) is 14.9. The molecular weight excluding hydrogens is 350 g/mol. The lowest BCUT2D eigenvalue weighted by Gasteiger charge is -2.10. The summed E-state index contributed by atoms with van der Waals surface area (Å²) < 4.78 is 26.3. The molecular formula is C19H25N3O3S. The fourth-order valence-electron chi connectivity index (χ4n) is 2.42. The number of nitrogen functional groups attached to an aromatic ring is 1. The van der Waals surface area contributed by atoms with E-state index in [4.69, 9.17) is 5.73 Å². The van der Waals surface area contributed by atoms with Crippen LogP contribution in [-0.4, -0.2) is 20.1 Å². The fraction of sp³-hybridized carbons (Fsp3) is 0.316. The summed E-state index contributed by atoms with van der Waals surface area (Å²) in [5, 5.41) is 2.80. The van der Waals surface area contributed by atoms with Crippen LogP contribution in [0.25, 0.3) is 0 Å². The smallest absolute Gasteiger partial charge is 0.232 e. The zero-order chi connectivity index (χ0) is 19.0. The van der Waals surface area contributed by atoms with E-state index in [1.165, 1.54) is 0 Å². The minimum absolute atomic E-state index is 0.102. The number of hydrogen-bond acceptors (Lipinski definition) is 4. The normalized spacial score (nSPS) is 11.1. The van der Waals surface area contributed by atoms with E-state index in [-0.39, 0.29) is 11.7 Å². The third kappa shape index (κ3) is 6.40. The molecule has 0 radical (unpaired) electrons. The van der Waals surface area contributed by atoms with Gasteiger partial charge >= 0.3 is 0 Å². The topological polar surface area (TPSA) is 101 Å². The van der Waals surface area contributed by atoms with Gasteiger partial charge in [-0.05, 0) is 48.7 Å². The molecule has 0 bridgehead atoms. The molecule has 0 aliphatic rings. The van der Waals surface area contributed by atoms with Gasteiger partial charge in [-0.25, -0.2) is 8.42 Å². The lowest BCUT2D eigenvalue weighted by atomic mass is 10.1. The first-order valence-electron chi connectivity index (χ1n) is 8.63. The predicted molar refractivity (Wildman–Crippen MR) is 107 cm³/mol. The summed E-state index contributed by atoms with van der Waals surface area (Å²) in [6.45, 7) is 1.94. The van der Waals surface area contributed by atoms with Crippen molar-refractivity contribution >= 4 is 33.0 Å². The number of anilines is 3. The van der Waals surface area contributed by atoms with Gasteiger partial charge in [-0.2, -0.15) is 0 Å². The van der Waals surface area contributed by atoms with Crippen molar-refractivity contribution in [3.05, 3.63) is 54.1 Å². The number of carbonyl (C=O) groups excluding carboxylic acids is 1. The standard InChI is InChI=1S/C19H25N3O3S/c1-2-3-14-26(24,25)22-17-11-9-16(10-12-17)21-19(23)13-8-15-6-4-5-7-18(15)20/h4-7,9-12,22H,2-3,8,13-14,20H2,1H3,(H,21,23). The van der Waals surface area contributed by atoms with E-state index in [1.54, 1.807) is 24.3 Å². The van der Waals surface area contributed by atoms with Gasteiger partial charge in [0.2, 0.25) is 15.9 Å². The molecule has 2 aromatic carbocycles. The molecule has 0 heterocycles. The average molecular weight is 375 g/mol. The molecule has 140 valence electrons. The highest BCUT2D eigenvalue weighted by Crippen LogP contribution is 2.17. The van der Waals surface area contributed by atoms with Crippen molar-refractivity contribution in [1.29, 1.82) is 0 Å². The van der Waals surface area contributed by atoms with Gasteiger partial charge in [0.1, 0.15) is 0 Å². The number of unbranched alkanes of at least 4 members (excludes halogenated alkanes) is 1. The second kappa shape index (κ2) is 9.24. The first kappa shape index (κ1) is 19.8. The van der Waals surface area contributed by atoms with Crippen LogP contribution in [0.4, 0.5) is 17.1 Å². The Morgan fingerprint density at radius 3 is 2.35 bits per heavy atom. The maximum atomic E-state index is 12.1. The van der Waals surface area contributed by atoms with Crippen LogP contribution < -0.4 is 15.8 Å². The second-order valence-electron chi connectivity index (χ2n) is 6.10. The number of nitrogens with two attached hydrogens (primary N) is 1. The Balaban J connectivity index is 1.86. The van der Waals surface area contributed by atoms with Crippen LogP contribution in [0.3, 0.4) is 0 Å². The van der Waals surface area contributed by atoms with Crippen molar-refractivity contribution in [3.63, 3.8) is 0 Å². The van der Waals surface area contributed by atoms with Crippen molar-refractivity contribution in [2.75, 3.05) is 21.5 Å². The van der Waals surface area contributed by atoms with E-state index in [9.17, 15) is 13.2 Å². The number of rotatable bonds is 9. The van der Waals surface area contributed by atoms with Crippen molar-refractivity contribution in [2.45, 2.75) is 32.6 Å². The van der Waals surface area contributed by atoms with Crippen LogP contribution in [0.15, 0.2) is 48.5 Å². The minimum atomic E-state index is -3.33. The Hall–Kier alpha value is -2.54. The molecule has 0 spiro atoms. The molecule has 2 aromatic rings. The SMILES string of the molecule is CCCCS(=O)(=O)Nc1ccc(NC(=O)CCc2ccccc2N)cc1. The Labute approximate surface area is 154 Å². The quantitative estimate of drug-likeness (QED) is 0.585. The number of nitrogens with one attached hydrogen (secondary N) is 2. The van der Waals surface area contributed by atoms with Crippen molar-refractivity contribution in [2.24, 2.45) is 0 Å². The van der Waals surface area contributed by atoms with E-state index in [1.807, 2.05) is 31.2 Å². The van der Waals surface area contributed by atoms with Crippen molar-refractivity contribution in [1.82, 2.24) is 0 Å². The number of hydrogen-bond donors (Lipinski definition) is 3.